The van der Waals surface area contributed by atoms with Crippen molar-refractivity contribution in [2.75, 3.05) is 7.11 Å². The Morgan fingerprint density at radius 1 is 1.19 bits per heavy atom. The lowest BCUT2D eigenvalue weighted by atomic mass is 9.79. The van der Waals surface area contributed by atoms with Gasteiger partial charge in [0.2, 0.25) is 0 Å². The summed E-state index contributed by atoms with van der Waals surface area (Å²) in [6, 6.07) is 0. The number of carboxylic acid groups (broad SMARTS) is 1. The molecular formula is C9H10Br2O5. The van der Waals surface area contributed by atoms with Crippen LogP contribution in [0.15, 0.2) is 0 Å². The number of ether oxygens (including phenoxy) is 2. The third kappa shape index (κ3) is 1.60. The second-order valence-electron chi connectivity index (χ2n) is 3.87. The number of halogens is 2. The van der Waals surface area contributed by atoms with Gasteiger partial charge in [0.25, 0.3) is 0 Å². The Bertz CT molecular complexity index is 334. The number of fused-ring (bicyclic) bond motifs is 2. The van der Waals surface area contributed by atoms with E-state index in [0.29, 0.717) is 0 Å². The Morgan fingerprint density at radius 2 is 1.69 bits per heavy atom. The van der Waals surface area contributed by atoms with E-state index in [-0.39, 0.29) is 9.65 Å². The minimum atomic E-state index is -1.02. The molecule has 0 aliphatic carbocycles. The molecule has 5 nitrogen and oxygen atoms in total. The maximum Gasteiger partial charge on any atom is 0.312 e. The molecule has 2 saturated heterocycles. The van der Waals surface area contributed by atoms with Gasteiger partial charge in [-0.1, -0.05) is 31.9 Å². The zero-order valence-electron chi connectivity index (χ0n) is 8.30. The summed E-state index contributed by atoms with van der Waals surface area (Å²) in [6.07, 6.45) is -0.932. The monoisotopic (exact) mass is 356 g/mol. The number of esters is 1. The van der Waals surface area contributed by atoms with E-state index >= 15 is 0 Å². The number of carbonyl (C=O) groups excluding carboxylic acids is 1. The standard InChI is InChI=1S/C9H10Br2O5/c1-15-9(14)3-2(8(12)13)6-4(10)5(11)7(3)16-6/h2-7H,1H3,(H,12,13)/t2-,3-,4-,5+,6-,7-/m1/s1. The van der Waals surface area contributed by atoms with Crippen LogP contribution in [0.4, 0.5) is 0 Å². The van der Waals surface area contributed by atoms with E-state index in [9.17, 15) is 9.59 Å². The van der Waals surface area contributed by atoms with Crippen LogP contribution in [-0.2, 0) is 19.1 Å². The van der Waals surface area contributed by atoms with Crippen molar-refractivity contribution in [3.05, 3.63) is 0 Å². The van der Waals surface area contributed by atoms with E-state index in [0.717, 1.165) is 0 Å². The minimum absolute atomic E-state index is 0.0720. The summed E-state index contributed by atoms with van der Waals surface area (Å²) in [5.41, 5.74) is 0. The fraction of sp³-hybridized carbons (Fsp3) is 0.778. The summed E-state index contributed by atoms with van der Waals surface area (Å²) < 4.78 is 10.2. The van der Waals surface area contributed by atoms with Gasteiger partial charge >= 0.3 is 11.9 Å². The Kier molecular flexibility index (Phi) is 3.29. The van der Waals surface area contributed by atoms with Gasteiger partial charge in [-0.15, -0.1) is 0 Å². The molecule has 7 heteroatoms. The van der Waals surface area contributed by atoms with Crippen molar-refractivity contribution < 1.29 is 24.2 Å². The van der Waals surface area contributed by atoms with Gasteiger partial charge in [0.05, 0.1) is 40.8 Å². The maximum absolute atomic E-state index is 11.6. The third-order valence-electron chi connectivity index (χ3n) is 3.10. The van der Waals surface area contributed by atoms with Crippen LogP contribution in [0.5, 0.6) is 0 Å². The zero-order valence-corrected chi connectivity index (χ0v) is 11.5. The predicted octanol–water partition coefficient (Wildman–Crippen LogP) is 0.784. The molecule has 2 aliphatic heterocycles. The van der Waals surface area contributed by atoms with Gasteiger partial charge in [-0.3, -0.25) is 9.59 Å². The van der Waals surface area contributed by atoms with E-state index in [2.05, 4.69) is 36.6 Å². The lowest BCUT2D eigenvalue weighted by molar-refractivity contribution is -0.155. The molecule has 0 spiro atoms. The second-order valence-corrected chi connectivity index (χ2v) is 5.98. The molecule has 0 aromatic heterocycles. The largest absolute Gasteiger partial charge is 0.481 e. The molecule has 0 unspecified atom stereocenters. The molecule has 2 fully saturated rings. The molecule has 0 amide bonds. The van der Waals surface area contributed by atoms with Crippen LogP contribution >= 0.6 is 31.9 Å². The van der Waals surface area contributed by atoms with Crippen molar-refractivity contribution in [2.24, 2.45) is 11.8 Å². The average molecular weight is 358 g/mol. The van der Waals surface area contributed by atoms with E-state index < -0.39 is 36.0 Å². The first-order valence-electron chi connectivity index (χ1n) is 4.73. The van der Waals surface area contributed by atoms with Crippen molar-refractivity contribution in [3.63, 3.8) is 0 Å². The molecule has 2 aliphatic rings. The van der Waals surface area contributed by atoms with Crippen molar-refractivity contribution >= 4 is 43.8 Å². The summed E-state index contributed by atoms with van der Waals surface area (Å²) in [4.78, 5) is 22.6. The molecule has 2 bridgehead atoms. The highest BCUT2D eigenvalue weighted by Gasteiger charge is 2.63. The van der Waals surface area contributed by atoms with Crippen LogP contribution in [0, 0.1) is 11.8 Å². The number of methoxy groups -OCH3 is 1. The van der Waals surface area contributed by atoms with E-state index in [1.807, 2.05) is 0 Å². The lowest BCUT2D eigenvalue weighted by Gasteiger charge is -2.28. The Balaban J connectivity index is 2.30. The molecule has 0 radical (unpaired) electrons. The third-order valence-corrected chi connectivity index (χ3v) is 5.99. The number of hydrogen-bond acceptors (Lipinski definition) is 4. The topological polar surface area (TPSA) is 72.8 Å². The lowest BCUT2D eigenvalue weighted by Crippen LogP contribution is -2.47. The summed E-state index contributed by atoms with van der Waals surface area (Å²) in [7, 11) is 1.25. The van der Waals surface area contributed by atoms with Crippen LogP contribution in [0.25, 0.3) is 0 Å². The first kappa shape index (κ1) is 12.3. The van der Waals surface area contributed by atoms with Crippen LogP contribution in [-0.4, -0.2) is 46.0 Å². The molecule has 0 aromatic carbocycles. The molecular weight excluding hydrogens is 348 g/mol. The fourth-order valence-electron chi connectivity index (χ4n) is 2.38. The van der Waals surface area contributed by atoms with Crippen molar-refractivity contribution in [1.29, 1.82) is 0 Å². The van der Waals surface area contributed by atoms with E-state index in [4.69, 9.17) is 9.84 Å². The normalized spacial score (nSPS) is 45.7. The van der Waals surface area contributed by atoms with Gasteiger partial charge in [0.15, 0.2) is 0 Å². The smallest absolute Gasteiger partial charge is 0.312 e. The Hall–Kier alpha value is -0.140. The first-order chi connectivity index (χ1) is 7.49. The van der Waals surface area contributed by atoms with Crippen molar-refractivity contribution in [2.45, 2.75) is 21.9 Å². The van der Waals surface area contributed by atoms with Gasteiger partial charge < -0.3 is 14.6 Å². The number of alkyl halides is 2. The number of rotatable bonds is 2. The minimum Gasteiger partial charge on any atom is -0.481 e. The highest BCUT2D eigenvalue weighted by atomic mass is 79.9. The number of carbonyl (C=O) groups is 2. The fourth-order valence-corrected chi connectivity index (χ4v) is 3.89. The highest BCUT2D eigenvalue weighted by molar-refractivity contribution is 9.12. The van der Waals surface area contributed by atoms with Crippen LogP contribution in [0.2, 0.25) is 0 Å². The molecule has 90 valence electrons. The SMILES string of the molecule is COC(=O)[C@H]1[C@H]2O[C@@H]([C@H](Br)[C@@H]2Br)[C@@H]1C(=O)O. The van der Waals surface area contributed by atoms with E-state index in [1.54, 1.807) is 0 Å². The predicted molar refractivity (Wildman–Crippen MR) is 60.7 cm³/mol. The summed E-state index contributed by atoms with van der Waals surface area (Å²) in [5, 5.41) is 9.13. The Labute approximate surface area is 109 Å². The molecule has 16 heavy (non-hydrogen) atoms. The van der Waals surface area contributed by atoms with Gasteiger partial charge in [-0.25, -0.2) is 0 Å². The summed E-state index contributed by atoms with van der Waals surface area (Å²) in [6.45, 7) is 0. The molecule has 2 rings (SSSR count). The number of aliphatic carboxylic acids is 1. The van der Waals surface area contributed by atoms with Crippen molar-refractivity contribution in [1.82, 2.24) is 0 Å². The van der Waals surface area contributed by atoms with Crippen LogP contribution in [0.3, 0.4) is 0 Å². The van der Waals surface area contributed by atoms with Gasteiger partial charge in [-0.05, 0) is 0 Å². The van der Waals surface area contributed by atoms with Gasteiger partial charge in [0.1, 0.15) is 0 Å². The second kappa shape index (κ2) is 4.27. The highest BCUT2D eigenvalue weighted by Crippen LogP contribution is 2.49. The molecule has 1 N–H and O–H groups in total. The quantitative estimate of drug-likeness (QED) is 0.584. The Morgan fingerprint density at radius 3 is 2.12 bits per heavy atom. The molecule has 0 saturated carbocycles. The number of hydrogen-bond donors (Lipinski definition) is 1. The van der Waals surface area contributed by atoms with E-state index in [1.165, 1.54) is 7.11 Å². The number of carboxylic acids is 1. The van der Waals surface area contributed by atoms with Crippen LogP contribution < -0.4 is 0 Å². The average Bonchev–Trinajstić information content (AvgIpc) is 2.76. The summed E-state index contributed by atoms with van der Waals surface area (Å²) in [5.74, 6) is -3.11. The van der Waals surface area contributed by atoms with Crippen LogP contribution in [0.1, 0.15) is 0 Å². The zero-order chi connectivity index (χ0) is 12.0. The first-order valence-corrected chi connectivity index (χ1v) is 6.56. The maximum atomic E-state index is 11.6. The molecule has 2 heterocycles. The van der Waals surface area contributed by atoms with Crippen molar-refractivity contribution in [3.8, 4) is 0 Å². The van der Waals surface area contributed by atoms with Gasteiger partial charge in [-0.2, -0.15) is 0 Å². The molecule has 6 atom stereocenters. The summed E-state index contributed by atoms with van der Waals surface area (Å²) >= 11 is 6.78. The molecule has 0 aromatic rings. The van der Waals surface area contributed by atoms with Gasteiger partial charge in [0, 0.05) is 0 Å².